The van der Waals surface area contributed by atoms with E-state index in [-0.39, 0.29) is 17.9 Å². The van der Waals surface area contributed by atoms with Crippen molar-refractivity contribution in [3.8, 4) is 11.6 Å². The molecule has 0 saturated carbocycles. The summed E-state index contributed by atoms with van der Waals surface area (Å²) in [5, 5.41) is 6.07. The summed E-state index contributed by atoms with van der Waals surface area (Å²) in [4.78, 5) is 23.2. The van der Waals surface area contributed by atoms with Gasteiger partial charge in [0.2, 0.25) is 17.7 Å². The minimum atomic E-state index is -0.338. The Hall–Kier alpha value is -3.95. The predicted octanol–water partition coefficient (Wildman–Crippen LogP) is 4.10. The zero-order chi connectivity index (χ0) is 26.9. The van der Waals surface area contributed by atoms with Gasteiger partial charge >= 0.3 is 0 Å². The Labute approximate surface area is 223 Å². The van der Waals surface area contributed by atoms with Crippen LogP contribution in [0.4, 0.5) is 11.6 Å². The van der Waals surface area contributed by atoms with E-state index in [0.717, 1.165) is 35.5 Å². The normalized spacial score (nSPS) is 18.8. The first-order valence-electron chi connectivity index (χ1n) is 12.7. The number of carbonyl (C=O) groups is 1. The first-order chi connectivity index (χ1) is 18.4. The van der Waals surface area contributed by atoms with Gasteiger partial charge in [-0.1, -0.05) is 31.7 Å². The molecule has 0 saturated heterocycles. The number of carbonyl (C=O) groups excluding carboxylic acids is 1. The average Bonchev–Trinajstić information content (AvgIpc) is 2.91. The Morgan fingerprint density at radius 3 is 2.97 bits per heavy atom. The molecule has 38 heavy (non-hydrogen) atoms. The van der Waals surface area contributed by atoms with Crippen LogP contribution in [0, 0.1) is 5.92 Å². The summed E-state index contributed by atoms with van der Waals surface area (Å²) in [6.07, 6.45) is 11.2. The summed E-state index contributed by atoms with van der Waals surface area (Å²) in [5.74, 6) is 1.43. The Bertz CT molecular complexity index is 1240. The van der Waals surface area contributed by atoms with Crippen LogP contribution in [0.25, 0.3) is 5.57 Å². The number of hydrogen-bond acceptors (Lipinski definition) is 8. The van der Waals surface area contributed by atoms with Crippen molar-refractivity contribution < 1.29 is 19.0 Å². The minimum Gasteiger partial charge on any atom is -0.492 e. The molecule has 0 radical (unpaired) electrons. The first kappa shape index (κ1) is 27.1. The monoisotopic (exact) mass is 517 g/mol. The fourth-order valence-electron chi connectivity index (χ4n) is 3.94. The molecule has 2 atom stereocenters. The number of hydrogen-bond donors (Lipinski definition) is 2. The highest BCUT2D eigenvalue weighted by Gasteiger charge is 2.23. The number of benzene rings is 1. The lowest BCUT2D eigenvalue weighted by molar-refractivity contribution is -0.115. The van der Waals surface area contributed by atoms with Crippen LogP contribution in [0.15, 0.2) is 73.1 Å². The standard InChI is InChI=1S/C29H35N5O4/c1-5-27(35)31-23-10-9-20(2)26(18-23)38-28-25(21-11-14-36-15-12-21)19-30-29(33-28)32-22-7-6-8-24(17-22)37-16-13-34(3)4/h5-11,17-20,26H,1,12-16H2,2-4H3,(H,31,35)(H,30,32,33). The molecular formula is C29H35N5O4. The molecule has 1 aromatic carbocycles. The van der Waals surface area contributed by atoms with E-state index in [4.69, 9.17) is 19.2 Å². The van der Waals surface area contributed by atoms with Gasteiger partial charge in [-0.25, -0.2) is 4.98 Å². The molecule has 1 amide bonds. The summed E-state index contributed by atoms with van der Waals surface area (Å²) < 4.78 is 17.8. The zero-order valence-electron chi connectivity index (χ0n) is 22.1. The highest BCUT2D eigenvalue weighted by atomic mass is 16.5. The van der Waals surface area contributed by atoms with Gasteiger partial charge in [0, 0.05) is 36.1 Å². The predicted molar refractivity (Wildman–Crippen MR) is 148 cm³/mol. The molecule has 1 aliphatic heterocycles. The van der Waals surface area contributed by atoms with Gasteiger partial charge in [-0.15, -0.1) is 0 Å². The van der Waals surface area contributed by atoms with E-state index in [0.29, 0.717) is 37.3 Å². The number of amides is 1. The SMILES string of the molecule is C=CC(=O)NC1=CC(Oc2nc(Nc3cccc(OCCN(C)C)c3)ncc2C2=CCOCC2)C(C)C=C1. The van der Waals surface area contributed by atoms with Crippen LogP contribution in [-0.2, 0) is 9.53 Å². The van der Waals surface area contributed by atoms with Crippen LogP contribution in [0.3, 0.4) is 0 Å². The van der Waals surface area contributed by atoms with Crippen molar-refractivity contribution in [1.82, 2.24) is 20.2 Å². The Balaban J connectivity index is 1.57. The minimum absolute atomic E-state index is 0.0678. The third-order valence-corrected chi connectivity index (χ3v) is 6.10. The molecule has 2 aliphatic rings. The first-order valence-corrected chi connectivity index (χ1v) is 12.7. The topological polar surface area (TPSA) is 97.8 Å². The molecule has 200 valence electrons. The largest absolute Gasteiger partial charge is 0.492 e. The molecule has 0 bridgehead atoms. The number of allylic oxidation sites excluding steroid dienone is 1. The molecule has 9 heteroatoms. The second-order valence-electron chi connectivity index (χ2n) is 9.39. The van der Waals surface area contributed by atoms with Crippen molar-refractivity contribution in [2.75, 3.05) is 45.8 Å². The number of aromatic nitrogens is 2. The van der Waals surface area contributed by atoms with E-state index in [2.05, 4.69) is 34.0 Å². The van der Waals surface area contributed by atoms with Crippen molar-refractivity contribution >= 4 is 23.1 Å². The average molecular weight is 518 g/mol. The molecule has 9 nitrogen and oxygen atoms in total. The molecule has 2 heterocycles. The van der Waals surface area contributed by atoms with E-state index in [1.54, 1.807) is 6.20 Å². The summed E-state index contributed by atoms with van der Waals surface area (Å²) in [5.41, 5.74) is 3.37. The lowest BCUT2D eigenvalue weighted by Crippen LogP contribution is -2.29. The zero-order valence-corrected chi connectivity index (χ0v) is 22.1. The molecule has 0 fully saturated rings. The van der Waals surface area contributed by atoms with E-state index in [1.165, 1.54) is 6.08 Å². The third-order valence-electron chi connectivity index (χ3n) is 6.10. The lowest BCUT2D eigenvalue weighted by Gasteiger charge is -2.26. The molecule has 2 N–H and O–H groups in total. The summed E-state index contributed by atoms with van der Waals surface area (Å²) in [6, 6.07) is 7.69. The van der Waals surface area contributed by atoms with Gasteiger partial charge < -0.3 is 29.7 Å². The Kier molecular flexibility index (Phi) is 9.29. The van der Waals surface area contributed by atoms with Crippen molar-refractivity contribution in [2.45, 2.75) is 19.4 Å². The van der Waals surface area contributed by atoms with Crippen LogP contribution in [-0.4, -0.2) is 67.3 Å². The van der Waals surface area contributed by atoms with Gasteiger partial charge in [-0.05, 0) is 56.5 Å². The van der Waals surface area contributed by atoms with Gasteiger partial charge in [0.1, 0.15) is 18.5 Å². The summed E-state index contributed by atoms with van der Waals surface area (Å²) >= 11 is 0. The maximum absolute atomic E-state index is 11.8. The van der Waals surface area contributed by atoms with E-state index in [1.807, 2.05) is 62.7 Å². The molecule has 2 aromatic rings. The van der Waals surface area contributed by atoms with Crippen LogP contribution in [0.2, 0.25) is 0 Å². The van der Waals surface area contributed by atoms with Crippen molar-refractivity contribution in [3.05, 3.63) is 78.7 Å². The van der Waals surface area contributed by atoms with Crippen molar-refractivity contribution in [2.24, 2.45) is 5.92 Å². The van der Waals surface area contributed by atoms with Gasteiger partial charge in [0.25, 0.3) is 0 Å². The van der Waals surface area contributed by atoms with Crippen LogP contribution >= 0.6 is 0 Å². The maximum Gasteiger partial charge on any atom is 0.247 e. The lowest BCUT2D eigenvalue weighted by atomic mass is 9.97. The van der Waals surface area contributed by atoms with Gasteiger partial charge in [-0.2, -0.15) is 4.98 Å². The third kappa shape index (κ3) is 7.53. The number of nitrogens with zero attached hydrogens (tertiary/aromatic N) is 3. The van der Waals surface area contributed by atoms with Gasteiger partial charge in [0.05, 0.1) is 18.8 Å². The van der Waals surface area contributed by atoms with E-state index in [9.17, 15) is 4.79 Å². The molecule has 0 spiro atoms. The number of nitrogens with one attached hydrogen (secondary N) is 2. The molecule has 1 aromatic heterocycles. The van der Waals surface area contributed by atoms with Crippen molar-refractivity contribution in [3.63, 3.8) is 0 Å². The molecule has 1 aliphatic carbocycles. The van der Waals surface area contributed by atoms with E-state index >= 15 is 0 Å². The maximum atomic E-state index is 11.8. The molecule has 4 rings (SSSR count). The quantitative estimate of drug-likeness (QED) is 0.430. The Morgan fingerprint density at radius 1 is 1.34 bits per heavy atom. The van der Waals surface area contributed by atoms with Gasteiger partial charge in [-0.3, -0.25) is 4.79 Å². The molecular weight excluding hydrogens is 482 g/mol. The van der Waals surface area contributed by atoms with Crippen LogP contribution in [0.1, 0.15) is 18.9 Å². The fraction of sp³-hybridized carbons (Fsp3) is 0.345. The number of anilines is 2. The van der Waals surface area contributed by atoms with E-state index < -0.39 is 0 Å². The van der Waals surface area contributed by atoms with Crippen molar-refractivity contribution in [1.29, 1.82) is 0 Å². The second kappa shape index (κ2) is 13.0. The number of ether oxygens (including phenoxy) is 3. The van der Waals surface area contributed by atoms with Gasteiger partial charge in [0.15, 0.2) is 0 Å². The highest BCUT2D eigenvalue weighted by molar-refractivity contribution is 5.88. The summed E-state index contributed by atoms with van der Waals surface area (Å²) in [6.45, 7) is 8.16. The number of rotatable bonds is 11. The fourth-order valence-corrected chi connectivity index (χ4v) is 3.94. The van der Waals surface area contributed by atoms with Crippen LogP contribution in [0.5, 0.6) is 11.6 Å². The Morgan fingerprint density at radius 2 is 2.21 bits per heavy atom. The number of likely N-dealkylation sites (N-methyl/N-ethyl adjacent to an activating group) is 1. The highest BCUT2D eigenvalue weighted by Crippen LogP contribution is 2.32. The second-order valence-corrected chi connectivity index (χ2v) is 9.39. The summed E-state index contributed by atoms with van der Waals surface area (Å²) in [7, 11) is 4.02. The molecule has 2 unspecified atom stereocenters. The van der Waals surface area contributed by atoms with Crippen LogP contribution < -0.4 is 20.1 Å². The smallest absolute Gasteiger partial charge is 0.247 e.